The maximum Gasteiger partial charge on any atom is 0.0464 e. The number of benzene rings is 9. The van der Waals surface area contributed by atoms with Crippen molar-refractivity contribution in [2.75, 3.05) is 4.90 Å². The molecular formula is C59H45N. The van der Waals surface area contributed by atoms with Crippen molar-refractivity contribution in [1.82, 2.24) is 0 Å². The number of rotatable bonds is 12. The summed E-state index contributed by atoms with van der Waals surface area (Å²) in [6.45, 7) is 4.66. The van der Waals surface area contributed by atoms with Gasteiger partial charge in [-0.05, 0) is 115 Å². The van der Waals surface area contributed by atoms with Crippen LogP contribution in [0.25, 0.3) is 60.9 Å². The van der Waals surface area contributed by atoms with Gasteiger partial charge in [-0.1, -0.05) is 219 Å². The highest BCUT2D eigenvalue weighted by atomic mass is 15.1. The van der Waals surface area contributed by atoms with E-state index in [2.05, 4.69) is 260 Å². The molecule has 0 fully saturated rings. The van der Waals surface area contributed by atoms with E-state index < -0.39 is 0 Å². The van der Waals surface area contributed by atoms with Crippen LogP contribution in [0.2, 0.25) is 0 Å². The molecule has 0 aliphatic carbocycles. The van der Waals surface area contributed by atoms with Crippen LogP contribution in [0.4, 0.5) is 11.4 Å². The molecule has 0 spiro atoms. The molecule has 0 aliphatic heterocycles. The Balaban J connectivity index is 1.14. The van der Waals surface area contributed by atoms with E-state index in [0.29, 0.717) is 0 Å². The van der Waals surface area contributed by atoms with Crippen LogP contribution < -0.4 is 4.90 Å². The van der Waals surface area contributed by atoms with Crippen LogP contribution in [0.1, 0.15) is 11.1 Å². The number of anilines is 2. The van der Waals surface area contributed by atoms with Crippen LogP contribution in [-0.4, -0.2) is 0 Å². The molecule has 0 unspecified atom stereocenters. The Kier molecular flexibility index (Phi) is 11.2. The molecule has 9 aromatic carbocycles. The summed E-state index contributed by atoms with van der Waals surface area (Å²) in [4.78, 5) is 2.35. The zero-order chi connectivity index (χ0) is 40.5. The van der Waals surface area contributed by atoms with Crippen molar-refractivity contribution in [3.05, 3.63) is 272 Å². The van der Waals surface area contributed by atoms with Gasteiger partial charge >= 0.3 is 0 Å². The van der Waals surface area contributed by atoms with Crippen LogP contribution in [0.15, 0.2) is 261 Å². The monoisotopic (exact) mass is 767 g/mol. The van der Waals surface area contributed by atoms with Gasteiger partial charge in [0.05, 0.1) is 0 Å². The molecule has 286 valence electrons. The molecular weight excluding hydrogens is 723 g/mol. The van der Waals surface area contributed by atoms with Crippen molar-refractivity contribution in [2.45, 2.75) is 6.42 Å². The Labute approximate surface area is 354 Å². The molecule has 0 atom stereocenters. The standard InChI is InChI=1S/C59H45N/c1-44(45-31-33-48(34-32-45)46-17-5-2-6-18-46)43-56(27-15-25-51-23-11-13-28-57(51)50-21-9-4-10-22-50)60(54-39-35-49(36-40-54)47-19-7-3-8-20-47)55-41-37-53(38-42-55)59-30-16-26-52-24-12-14-29-58(52)59/h2-24,26-43H,1,25H2/b27-15-,56-43+. The molecule has 0 heterocycles. The summed E-state index contributed by atoms with van der Waals surface area (Å²) < 4.78 is 0. The van der Waals surface area contributed by atoms with E-state index in [1.165, 1.54) is 60.8 Å². The predicted molar refractivity (Wildman–Crippen MR) is 257 cm³/mol. The number of hydrogen-bond acceptors (Lipinski definition) is 1. The summed E-state index contributed by atoms with van der Waals surface area (Å²) >= 11 is 0. The zero-order valence-electron chi connectivity index (χ0n) is 33.5. The minimum atomic E-state index is 0.765. The van der Waals surface area contributed by atoms with Crippen LogP contribution in [0.3, 0.4) is 0 Å². The summed E-state index contributed by atoms with van der Waals surface area (Å²) in [6, 6.07) is 82.2. The van der Waals surface area contributed by atoms with Crippen LogP contribution in [0, 0.1) is 0 Å². The fraction of sp³-hybridized carbons (Fsp3) is 0.0169. The zero-order valence-corrected chi connectivity index (χ0v) is 33.5. The molecule has 9 rings (SSSR count). The third kappa shape index (κ3) is 8.43. The van der Waals surface area contributed by atoms with E-state index in [1.807, 2.05) is 0 Å². The normalized spacial score (nSPS) is 11.5. The van der Waals surface area contributed by atoms with Crippen molar-refractivity contribution >= 4 is 27.7 Å². The minimum absolute atomic E-state index is 0.765. The Morgan fingerprint density at radius 3 is 1.48 bits per heavy atom. The van der Waals surface area contributed by atoms with Crippen molar-refractivity contribution in [3.63, 3.8) is 0 Å². The largest absolute Gasteiger partial charge is 0.310 e. The lowest BCUT2D eigenvalue weighted by atomic mass is 9.97. The molecule has 0 N–H and O–H groups in total. The molecule has 0 amide bonds. The van der Waals surface area contributed by atoms with Crippen LogP contribution in [-0.2, 0) is 6.42 Å². The molecule has 0 radical (unpaired) electrons. The van der Waals surface area contributed by atoms with Crippen LogP contribution >= 0.6 is 0 Å². The topological polar surface area (TPSA) is 3.24 Å². The Hall–Kier alpha value is -7.74. The molecule has 0 saturated heterocycles. The van der Waals surface area contributed by atoms with Crippen molar-refractivity contribution in [2.24, 2.45) is 0 Å². The molecule has 1 heteroatoms. The summed E-state index contributed by atoms with van der Waals surface area (Å²) in [7, 11) is 0. The number of nitrogens with zero attached hydrogens (tertiary/aromatic N) is 1. The molecule has 0 aliphatic rings. The first-order valence-corrected chi connectivity index (χ1v) is 20.6. The predicted octanol–water partition coefficient (Wildman–Crippen LogP) is 16.0. The lowest BCUT2D eigenvalue weighted by Gasteiger charge is -2.27. The van der Waals surface area contributed by atoms with Gasteiger partial charge in [-0.25, -0.2) is 0 Å². The lowest BCUT2D eigenvalue weighted by molar-refractivity contribution is 1.19. The highest BCUT2D eigenvalue weighted by Gasteiger charge is 2.16. The second-order valence-electron chi connectivity index (χ2n) is 15.0. The van der Waals surface area contributed by atoms with E-state index in [1.54, 1.807) is 0 Å². The van der Waals surface area contributed by atoms with Gasteiger partial charge in [0.1, 0.15) is 0 Å². The fourth-order valence-electron chi connectivity index (χ4n) is 8.01. The van der Waals surface area contributed by atoms with Gasteiger partial charge in [-0.15, -0.1) is 0 Å². The smallest absolute Gasteiger partial charge is 0.0464 e. The highest BCUT2D eigenvalue weighted by Crippen LogP contribution is 2.37. The maximum absolute atomic E-state index is 4.66. The van der Waals surface area contributed by atoms with E-state index in [4.69, 9.17) is 0 Å². The third-order valence-electron chi connectivity index (χ3n) is 11.1. The molecule has 0 aromatic heterocycles. The maximum atomic E-state index is 4.66. The summed E-state index contributed by atoms with van der Waals surface area (Å²) in [6.07, 6.45) is 7.53. The quantitative estimate of drug-likeness (QED) is 0.112. The fourth-order valence-corrected chi connectivity index (χ4v) is 8.01. The van der Waals surface area contributed by atoms with E-state index in [-0.39, 0.29) is 0 Å². The first-order valence-electron chi connectivity index (χ1n) is 20.6. The molecule has 0 saturated carbocycles. The van der Waals surface area contributed by atoms with Gasteiger partial charge in [0, 0.05) is 17.1 Å². The van der Waals surface area contributed by atoms with Crippen molar-refractivity contribution in [3.8, 4) is 44.5 Å². The van der Waals surface area contributed by atoms with Gasteiger partial charge in [0.15, 0.2) is 0 Å². The Morgan fingerprint density at radius 1 is 0.400 bits per heavy atom. The number of allylic oxidation sites excluding steroid dienone is 4. The highest BCUT2D eigenvalue weighted by molar-refractivity contribution is 5.97. The van der Waals surface area contributed by atoms with Crippen LogP contribution in [0.5, 0.6) is 0 Å². The minimum Gasteiger partial charge on any atom is -0.310 e. The summed E-state index contributed by atoms with van der Waals surface area (Å²) in [5.41, 5.74) is 16.0. The van der Waals surface area contributed by atoms with Gasteiger partial charge in [0.25, 0.3) is 0 Å². The average molecular weight is 768 g/mol. The second kappa shape index (κ2) is 17.8. The third-order valence-corrected chi connectivity index (χ3v) is 11.1. The van der Waals surface area contributed by atoms with Gasteiger partial charge < -0.3 is 4.90 Å². The summed E-state index contributed by atoms with van der Waals surface area (Å²) in [5.74, 6) is 0. The summed E-state index contributed by atoms with van der Waals surface area (Å²) in [5, 5.41) is 2.48. The van der Waals surface area contributed by atoms with Gasteiger partial charge in [-0.2, -0.15) is 0 Å². The van der Waals surface area contributed by atoms with Gasteiger partial charge in [-0.3, -0.25) is 0 Å². The van der Waals surface area contributed by atoms with E-state index in [9.17, 15) is 0 Å². The number of hydrogen-bond donors (Lipinski definition) is 0. The van der Waals surface area contributed by atoms with Crippen molar-refractivity contribution in [1.29, 1.82) is 0 Å². The first kappa shape index (κ1) is 37.8. The molecule has 0 bridgehead atoms. The molecule has 1 nitrogen and oxygen atoms in total. The number of fused-ring (bicyclic) bond motifs is 1. The SMILES string of the molecule is C=C(/C=C(\C=C/Cc1ccccc1-c1ccccc1)N(c1ccc(-c2ccccc2)cc1)c1ccc(-c2cccc3ccccc23)cc1)c1ccc(-c2ccccc2)cc1. The van der Waals surface area contributed by atoms with Gasteiger partial charge in [0.2, 0.25) is 0 Å². The van der Waals surface area contributed by atoms with E-state index >= 15 is 0 Å². The van der Waals surface area contributed by atoms with E-state index in [0.717, 1.165) is 34.6 Å². The second-order valence-corrected chi connectivity index (χ2v) is 15.0. The molecule has 9 aromatic rings. The average Bonchev–Trinajstić information content (AvgIpc) is 3.33. The first-order chi connectivity index (χ1) is 29.7. The van der Waals surface area contributed by atoms with Crippen molar-refractivity contribution < 1.29 is 0 Å². The lowest BCUT2D eigenvalue weighted by Crippen LogP contribution is -2.15. The molecule has 60 heavy (non-hydrogen) atoms. The Bertz CT molecular complexity index is 2900. The Morgan fingerprint density at radius 2 is 0.850 bits per heavy atom.